The highest BCUT2D eigenvalue weighted by Crippen LogP contribution is 1.85. The number of aliphatic hydroxyl groups excluding tert-OH is 1. The maximum absolute atomic E-state index is 9.86. The summed E-state index contributed by atoms with van der Waals surface area (Å²) in [6.45, 7) is 1.33. The first-order valence-electron chi connectivity index (χ1n) is 2.22. The van der Waals surface area contributed by atoms with E-state index in [9.17, 15) is 4.79 Å². The Kier molecular flexibility index (Phi) is 5.28. The number of nitrogens with two attached hydrogens (primary N) is 1. The first-order chi connectivity index (χ1) is 3.55. The van der Waals surface area contributed by atoms with Crippen molar-refractivity contribution in [1.29, 1.82) is 0 Å². The lowest BCUT2D eigenvalue weighted by Gasteiger charge is -2.06. The summed E-state index contributed by atoms with van der Waals surface area (Å²) >= 11 is 0. The van der Waals surface area contributed by atoms with E-state index in [1.807, 2.05) is 0 Å². The Labute approximate surface area is 52.4 Å². The lowest BCUT2D eigenvalue weighted by molar-refractivity contribution is -0.140. The van der Waals surface area contributed by atoms with Gasteiger partial charge in [-0.3, -0.25) is 4.79 Å². The summed E-state index contributed by atoms with van der Waals surface area (Å²) in [6.07, 6.45) is -0.979. The number of carbonyl (C=O) groups is 1. The molecule has 2 atom stereocenters. The minimum absolute atomic E-state index is 0. The normalized spacial score (nSPS) is 15.4. The summed E-state index contributed by atoms with van der Waals surface area (Å²) in [5.74, 6) is -1.18. The molecule has 0 aliphatic carbocycles. The maximum Gasteiger partial charge on any atom is 0.323 e. The molecule has 54 valence electrons. The molecule has 2 radical (unpaired) electrons. The Bertz CT molecular complexity index is 92.6. The van der Waals surface area contributed by atoms with Gasteiger partial charge in [0.1, 0.15) is 6.04 Å². The fourth-order valence-electron chi connectivity index (χ4n) is 0.206. The predicted octanol–water partition coefficient (Wildman–Crippen LogP) is -1.34. The Morgan fingerprint density at radius 3 is 2.00 bits per heavy atom. The molecule has 0 aromatic carbocycles. The molecule has 0 amide bonds. The molecule has 4 N–H and O–H groups in total. The van der Waals surface area contributed by atoms with Crippen LogP contribution >= 0.6 is 0 Å². The minimum atomic E-state index is -1.18. The third-order valence-corrected chi connectivity index (χ3v) is 0.805. The quantitative estimate of drug-likeness (QED) is 0.435. The number of hydrogen-bond acceptors (Lipinski definition) is 3. The van der Waals surface area contributed by atoms with Crippen LogP contribution in [0.15, 0.2) is 0 Å². The van der Waals surface area contributed by atoms with Crippen molar-refractivity contribution in [2.45, 2.75) is 19.1 Å². The lowest BCUT2D eigenvalue weighted by Crippen LogP contribution is -2.39. The first-order valence-corrected chi connectivity index (χ1v) is 2.22. The largest absolute Gasteiger partial charge is 0.480 e. The van der Waals surface area contributed by atoms with Crippen molar-refractivity contribution in [1.82, 2.24) is 0 Å². The van der Waals surface area contributed by atoms with Crippen LogP contribution in [0.2, 0.25) is 0 Å². The number of rotatable bonds is 2. The molecule has 0 aliphatic rings. The van der Waals surface area contributed by atoms with E-state index in [1.165, 1.54) is 6.92 Å². The minimum Gasteiger partial charge on any atom is -0.480 e. The zero-order valence-corrected chi connectivity index (χ0v) is 4.94. The molecule has 0 spiro atoms. The predicted molar refractivity (Wildman–Crippen MR) is 28.0 cm³/mol. The SMILES string of the molecule is C[C@@H](O)[C@H](N)C(=O)O.[O]. The van der Waals surface area contributed by atoms with Gasteiger partial charge in [-0.25, -0.2) is 0 Å². The van der Waals surface area contributed by atoms with Crippen LogP contribution in [-0.4, -0.2) is 28.3 Å². The van der Waals surface area contributed by atoms with Crippen LogP contribution in [0.1, 0.15) is 6.92 Å². The smallest absolute Gasteiger partial charge is 0.323 e. The summed E-state index contributed by atoms with van der Waals surface area (Å²) in [5.41, 5.74) is 4.91. The van der Waals surface area contributed by atoms with Gasteiger partial charge in [0.15, 0.2) is 0 Å². The van der Waals surface area contributed by atoms with Crippen molar-refractivity contribution in [2.24, 2.45) is 5.73 Å². The van der Waals surface area contributed by atoms with Crippen LogP contribution in [0.25, 0.3) is 0 Å². The maximum atomic E-state index is 9.86. The fraction of sp³-hybridized carbons (Fsp3) is 0.750. The molecule has 0 fully saturated rings. The molecule has 0 unspecified atom stereocenters. The van der Waals surface area contributed by atoms with E-state index >= 15 is 0 Å². The summed E-state index contributed by atoms with van der Waals surface area (Å²) in [6, 6.07) is -1.16. The third kappa shape index (κ3) is 3.89. The third-order valence-electron chi connectivity index (χ3n) is 0.805. The standard InChI is InChI=1S/C4H9NO3.O/c1-2(6)3(5)4(7)8;/h2-3,6H,5H2,1H3,(H,7,8);/t2-,3+;/m1./s1. The summed E-state index contributed by atoms with van der Waals surface area (Å²) in [4.78, 5) is 9.86. The molecular formula is C4H9NO4. The second-order valence-corrected chi connectivity index (χ2v) is 1.60. The zero-order valence-electron chi connectivity index (χ0n) is 4.94. The highest BCUT2D eigenvalue weighted by atomic mass is 16.4. The van der Waals surface area contributed by atoms with Gasteiger partial charge in [-0.05, 0) is 6.92 Å². The van der Waals surface area contributed by atoms with Crippen molar-refractivity contribution >= 4 is 5.97 Å². The van der Waals surface area contributed by atoms with Crippen molar-refractivity contribution in [2.75, 3.05) is 0 Å². The number of carboxylic acid groups (broad SMARTS) is 1. The monoisotopic (exact) mass is 135 g/mol. The van der Waals surface area contributed by atoms with E-state index in [0.29, 0.717) is 0 Å². The summed E-state index contributed by atoms with van der Waals surface area (Å²) < 4.78 is 0. The Morgan fingerprint density at radius 1 is 1.67 bits per heavy atom. The van der Waals surface area contributed by atoms with Gasteiger partial charge in [0, 0.05) is 5.48 Å². The van der Waals surface area contributed by atoms with Crippen LogP contribution in [0, 0.1) is 0 Å². The van der Waals surface area contributed by atoms with Crippen molar-refractivity contribution in [3.05, 3.63) is 0 Å². The average molecular weight is 135 g/mol. The van der Waals surface area contributed by atoms with Crippen molar-refractivity contribution < 1.29 is 20.5 Å². The van der Waals surface area contributed by atoms with Gasteiger partial charge in [-0.15, -0.1) is 0 Å². The molecule has 0 aromatic heterocycles. The molecular weight excluding hydrogens is 126 g/mol. The molecule has 0 saturated carbocycles. The molecule has 5 nitrogen and oxygen atoms in total. The van der Waals surface area contributed by atoms with Crippen LogP contribution in [0.5, 0.6) is 0 Å². The molecule has 0 bridgehead atoms. The topological polar surface area (TPSA) is 112 Å². The van der Waals surface area contributed by atoms with E-state index in [-0.39, 0.29) is 5.48 Å². The Morgan fingerprint density at radius 2 is 2.00 bits per heavy atom. The number of aliphatic hydroxyl groups is 1. The molecule has 0 heterocycles. The highest BCUT2D eigenvalue weighted by molar-refractivity contribution is 5.73. The van der Waals surface area contributed by atoms with Crippen LogP contribution < -0.4 is 5.73 Å². The number of aliphatic carboxylic acids is 1. The van der Waals surface area contributed by atoms with Gasteiger partial charge in [0.05, 0.1) is 6.10 Å². The van der Waals surface area contributed by atoms with Gasteiger partial charge in [-0.2, -0.15) is 0 Å². The summed E-state index contributed by atoms with van der Waals surface area (Å²) in [7, 11) is 0. The van der Waals surface area contributed by atoms with Gasteiger partial charge >= 0.3 is 5.97 Å². The van der Waals surface area contributed by atoms with Crippen molar-refractivity contribution in [3.8, 4) is 0 Å². The molecule has 0 saturated heterocycles. The van der Waals surface area contributed by atoms with Crippen LogP contribution in [-0.2, 0) is 10.3 Å². The lowest BCUT2D eigenvalue weighted by atomic mass is 10.2. The number of carboxylic acids is 1. The molecule has 0 rings (SSSR count). The van der Waals surface area contributed by atoms with Gasteiger partial charge in [0.25, 0.3) is 0 Å². The average Bonchev–Trinajstić information content (AvgIpc) is 1.64. The van der Waals surface area contributed by atoms with Crippen LogP contribution in [0.4, 0.5) is 0 Å². The highest BCUT2D eigenvalue weighted by Gasteiger charge is 2.16. The second-order valence-electron chi connectivity index (χ2n) is 1.60. The van der Waals surface area contributed by atoms with E-state index in [1.54, 1.807) is 0 Å². The Balaban J connectivity index is 0. The van der Waals surface area contributed by atoms with Gasteiger partial charge in [-0.1, -0.05) is 0 Å². The van der Waals surface area contributed by atoms with E-state index in [2.05, 4.69) is 0 Å². The molecule has 5 heteroatoms. The van der Waals surface area contributed by atoms with E-state index < -0.39 is 18.1 Å². The first kappa shape index (κ1) is 11.2. The summed E-state index contributed by atoms with van der Waals surface area (Å²) in [5, 5.41) is 16.6. The molecule has 0 aromatic rings. The second kappa shape index (κ2) is 4.25. The number of hydrogen-bond donors (Lipinski definition) is 3. The van der Waals surface area contributed by atoms with Gasteiger partial charge in [0.2, 0.25) is 0 Å². The fourth-order valence-corrected chi connectivity index (χ4v) is 0.206. The van der Waals surface area contributed by atoms with Crippen molar-refractivity contribution in [3.63, 3.8) is 0 Å². The molecule has 9 heavy (non-hydrogen) atoms. The van der Waals surface area contributed by atoms with E-state index in [0.717, 1.165) is 0 Å². The molecule has 0 aliphatic heterocycles. The zero-order chi connectivity index (χ0) is 6.73. The van der Waals surface area contributed by atoms with Crippen LogP contribution in [0.3, 0.4) is 0 Å². The van der Waals surface area contributed by atoms with Gasteiger partial charge < -0.3 is 15.9 Å². The van der Waals surface area contributed by atoms with E-state index in [4.69, 9.17) is 15.9 Å². The Hall–Kier alpha value is -0.650.